The van der Waals surface area contributed by atoms with Crippen molar-refractivity contribution in [2.45, 2.75) is 32.3 Å². The van der Waals surface area contributed by atoms with Gasteiger partial charge in [-0.15, -0.1) is 0 Å². The molecule has 0 bridgehead atoms. The minimum atomic E-state index is -0.638. The Bertz CT molecular complexity index is 529. The average Bonchev–Trinajstić information content (AvgIpc) is 2.38. The van der Waals surface area contributed by atoms with Crippen molar-refractivity contribution in [1.29, 1.82) is 0 Å². The van der Waals surface area contributed by atoms with Gasteiger partial charge in [0.2, 0.25) is 0 Å². The van der Waals surface area contributed by atoms with Gasteiger partial charge in [0.05, 0.1) is 11.3 Å². The number of likely N-dealkylation sites (N-methyl/N-ethyl adjacent to an activating group) is 1. The summed E-state index contributed by atoms with van der Waals surface area (Å²) >= 11 is 0. The van der Waals surface area contributed by atoms with Crippen molar-refractivity contribution in [2.75, 3.05) is 18.6 Å². The van der Waals surface area contributed by atoms with E-state index in [4.69, 9.17) is 4.74 Å². The Balaban J connectivity index is 2.07. The molecular weight excluding hydrogens is 254 g/mol. The van der Waals surface area contributed by atoms with Gasteiger partial charge in [-0.05, 0) is 44.4 Å². The lowest BCUT2D eigenvalue weighted by Gasteiger charge is -2.26. The number of allylic oxidation sites excluding steroid dienone is 1. The van der Waals surface area contributed by atoms with E-state index < -0.39 is 5.60 Å². The molecule has 1 aromatic carbocycles. The molecule has 0 fully saturated rings. The minimum absolute atomic E-state index is 0.0411. The molecule has 0 radical (unpaired) electrons. The SMILES string of the molecule is CN1C(=O)COc2ccc(/C=C/CCC(C)(C)O)cc21. The molecule has 0 aromatic heterocycles. The number of nitrogens with zero attached hydrogens (tertiary/aromatic N) is 1. The van der Waals surface area contributed by atoms with E-state index in [-0.39, 0.29) is 12.5 Å². The average molecular weight is 275 g/mol. The van der Waals surface area contributed by atoms with Crippen molar-refractivity contribution in [3.8, 4) is 5.75 Å². The highest BCUT2D eigenvalue weighted by molar-refractivity contribution is 5.97. The number of fused-ring (bicyclic) bond motifs is 1. The number of aliphatic hydroxyl groups is 1. The molecule has 0 aliphatic carbocycles. The molecule has 1 amide bonds. The van der Waals surface area contributed by atoms with E-state index in [0.717, 1.165) is 29.8 Å². The van der Waals surface area contributed by atoms with Crippen molar-refractivity contribution in [2.24, 2.45) is 0 Å². The van der Waals surface area contributed by atoms with Crippen LogP contribution in [-0.4, -0.2) is 30.3 Å². The molecule has 4 heteroatoms. The number of hydrogen-bond donors (Lipinski definition) is 1. The van der Waals surface area contributed by atoms with E-state index in [1.807, 2.05) is 30.4 Å². The van der Waals surface area contributed by atoms with Gasteiger partial charge >= 0.3 is 0 Å². The Morgan fingerprint density at radius 3 is 2.90 bits per heavy atom. The summed E-state index contributed by atoms with van der Waals surface area (Å²) in [5.74, 6) is 0.696. The summed E-state index contributed by atoms with van der Waals surface area (Å²) in [5.41, 5.74) is 1.18. The van der Waals surface area contributed by atoms with Gasteiger partial charge < -0.3 is 14.7 Å². The van der Waals surface area contributed by atoms with Crippen LogP contribution < -0.4 is 9.64 Å². The third-order valence-electron chi connectivity index (χ3n) is 3.30. The summed E-state index contributed by atoms with van der Waals surface area (Å²) in [6.07, 6.45) is 5.56. The number of benzene rings is 1. The van der Waals surface area contributed by atoms with E-state index in [1.165, 1.54) is 0 Å². The maximum absolute atomic E-state index is 11.6. The lowest BCUT2D eigenvalue weighted by molar-refractivity contribution is -0.120. The normalized spacial score (nSPS) is 15.4. The predicted molar refractivity (Wildman–Crippen MR) is 79.9 cm³/mol. The summed E-state index contributed by atoms with van der Waals surface area (Å²) in [4.78, 5) is 13.2. The van der Waals surface area contributed by atoms with E-state index in [2.05, 4.69) is 0 Å². The van der Waals surface area contributed by atoms with Gasteiger partial charge in [-0.25, -0.2) is 0 Å². The monoisotopic (exact) mass is 275 g/mol. The Morgan fingerprint density at radius 2 is 2.20 bits per heavy atom. The third-order valence-corrected chi connectivity index (χ3v) is 3.30. The van der Waals surface area contributed by atoms with Crippen LogP contribution in [0.15, 0.2) is 24.3 Å². The summed E-state index contributed by atoms with van der Waals surface area (Å²) in [7, 11) is 1.76. The second kappa shape index (κ2) is 5.67. The molecule has 0 unspecified atom stereocenters. The molecule has 1 aromatic rings. The fourth-order valence-corrected chi connectivity index (χ4v) is 2.05. The fourth-order valence-electron chi connectivity index (χ4n) is 2.05. The molecule has 0 saturated heterocycles. The number of amides is 1. The highest BCUT2D eigenvalue weighted by atomic mass is 16.5. The Hall–Kier alpha value is -1.81. The van der Waals surface area contributed by atoms with Crippen LogP contribution >= 0.6 is 0 Å². The summed E-state index contributed by atoms with van der Waals surface area (Å²) in [6.45, 7) is 3.71. The molecule has 1 heterocycles. The number of carbonyl (C=O) groups excluding carboxylic acids is 1. The molecule has 2 rings (SSSR count). The zero-order chi connectivity index (χ0) is 14.8. The first-order chi connectivity index (χ1) is 9.37. The van der Waals surface area contributed by atoms with Gasteiger partial charge in [0.1, 0.15) is 5.75 Å². The van der Waals surface area contributed by atoms with Crippen LogP contribution in [0, 0.1) is 0 Å². The largest absolute Gasteiger partial charge is 0.482 e. The molecule has 0 spiro atoms. The number of rotatable bonds is 4. The van der Waals surface area contributed by atoms with Crippen LogP contribution in [0.1, 0.15) is 32.3 Å². The standard InChI is InChI=1S/C16H21NO3/c1-16(2,19)9-5-4-6-12-7-8-14-13(10-12)17(3)15(18)11-20-14/h4,6-8,10,19H,5,9,11H2,1-3H3/b6-4+. The van der Waals surface area contributed by atoms with Crippen LogP contribution in [0.4, 0.5) is 5.69 Å². The highest BCUT2D eigenvalue weighted by Gasteiger charge is 2.21. The van der Waals surface area contributed by atoms with Crippen LogP contribution in [0.2, 0.25) is 0 Å². The number of carbonyl (C=O) groups is 1. The summed E-state index contributed by atoms with van der Waals surface area (Å²) in [5, 5.41) is 9.64. The van der Waals surface area contributed by atoms with Crippen LogP contribution in [-0.2, 0) is 4.79 Å². The second-order valence-electron chi connectivity index (χ2n) is 5.72. The van der Waals surface area contributed by atoms with Gasteiger partial charge in [0, 0.05) is 7.05 Å². The van der Waals surface area contributed by atoms with Crippen molar-refractivity contribution in [3.05, 3.63) is 29.8 Å². The third kappa shape index (κ3) is 3.61. The molecule has 0 saturated carbocycles. The fraction of sp³-hybridized carbons (Fsp3) is 0.438. The minimum Gasteiger partial charge on any atom is -0.482 e. The molecule has 20 heavy (non-hydrogen) atoms. The Labute approximate surface area is 119 Å². The Morgan fingerprint density at radius 1 is 1.45 bits per heavy atom. The number of ether oxygens (including phenoxy) is 1. The van der Waals surface area contributed by atoms with Gasteiger partial charge in [-0.1, -0.05) is 18.2 Å². The second-order valence-corrected chi connectivity index (χ2v) is 5.72. The maximum atomic E-state index is 11.6. The maximum Gasteiger partial charge on any atom is 0.264 e. The van der Waals surface area contributed by atoms with E-state index >= 15 is 0 Å². The van der Waals surface area contributed by atoms with Crippen LogP contribution in [0.5, 0.6) is 5.75 Å². The van der Waals surface area contributed by atoms with E-state index in [0.29, 0.717) is 0 Å². The molecule has 4 nitrogen and oxygen atoms in total. The van der Waals surface area contributed by atoms with Gasteiger partial charge in [0.25, 0.3) is 5.91 Å². The predicted octanol–water partition coefficient (Wildman–Crippen LogP) is 2.61. The quantitative estimate of drug-likeness (QED) is 0.919. The molecule has 1 aliphatic heterocycles. The van der Waals surface area contributed by atoms with E-state index in [1.54, 1.807) is 25.8 Å². The van der Waals surface area contributed by atoms with Gasteiger partial charge in [0.15, 0.2) is 6.61 Å². The van der Waals surface area contributed by atoms with E-state index in [9.17, 15) is 9.90 Å². The zero-order valence-electron chi connectivity index (χ0n) is 12.2. The first kappa shape index (κ1) is 14.6. The number of hydrogen-bond acceptors (Lipinski definition) is 3. The molecule has 1 N–H and O–H groups in total. The van der Waals surface area contributed by atoms with Crippen LogP contribution in [0.25, 0.3) is 6.08 Å². The van der Waals surface area contributed by atoms with Crippen molar-refractivity contribution in [3.63, 3.8) is 0 Å². The molecular formula is C16H21NO3. The molecule has 1 aliphatic rings. The molecule has 108 valence electrons. The lowest BCUT2D eigenvalue weighted by atomic mass is 10.0. The number of anilines is 1. The zero-order valence-corrected chi connectivity index (χ0v) is 12.2. The van der Waals surface area contributed by atoms with Crippen molar-refractivity contribution in [1.82, 2.24) is 0 Å². The molecule has 0 atom stereocenters. The topological polar surface area (TPSA) is 49.8 Å². The summed E-state index contributed by atoms with van der Waals surface area (Å²) in [6, 6.07) is 5.78. The Kier molecular flexibility index (Phi) is 4.14. The van der Waals surface area contributed by atoms with Gasteiger partial charge in [-0.2, -0.15) is 0 Å². The van der Waals surface area contributed by atoms with Gasteiger partial charge in [-0.3, -0.25) is 4.79 Å². The highest BCUT2D eigenvalue weighted by Crippen LogP contribution is 2.32. The lowest BCUT2D eigenvalue weighted by Crippen LogP contribution is -2.35. The smallest absolute Gasteiger partial charge is 0.264 e. The van der Waals surface area contributed by atoms with Crippen molar-refractivity contribution < 1.29 is 14.6 Å². The van der Waals surface area contributed by atoms with Crippen molar-refractivity contribution >= 4 is 17.7 Å². The van der Waals surface area contributed by atoms with Crippen LogP contribution in [0.3, 0.4) is 0 Å². The summed E-state index contributed by atoms with van der Waals surface area (Å²) < 4.78 is 5.38. The first-order valence-electron chi connectivity index (χ1n) is 6.79. The first-order valence-corrected chi connectivity index (χ1v) is 6.79.